The summed E-state index contributed by atoms with van der Waals surface area (Å²) in [4.78, 5) is 8.99. The van der Waals surface area contributed by atoms with Crippen molar-refractivity contribution < 1.29 is 9.47 Å². The number of fused-ring (bicyclic) bond motifs is 1. The molecule has 20 heavy (non-hydrogen) atoms. The van der Waals surface area contributed by atoms with Crippen LogP contribution in [0.4, 0.5) is 0 Å². The Kier molecular flexibility index (Phi) is 3.96. The van der Waals surface area contributed by atoms with E-state index < -0.39 is 0 Å². The number of benzene rings is 1. The first-order valence-corrected chi connectivity index (χ1v) is 6.87. The van der Waals surface area contributed by atoms with Gasteiger partial charge in [0.15, 0.2) is 5.82 Å². The lowest BCUT2D eigenvalue weighted by Gasteiger charge is -2.17. The number of hydrogen-bond acceptors (Lipinski definition) is 4. The molecule has 0 saturated heterocycles. The molecule has 0 amide bonds. The summed E-state index contributed by atoms with van der Waals surface area (Å²) in [6.45, 7) is 1.79. The third-order valence-corrected chi connectivity index (χ3v) is 3.61. The van der Waals surface area contributed by atoms with Gasteiger partial charge in [0.2, 0.25) is 0 Å². The summed E-state index contributed by atoms with van der Waals surface area (Å²) in [6.07, 6.45) is 0.784. The van der Waals surface area contributed by atoms with Crippen LogP contribution in [0.2, 0.25) is 5.15 Å². The molecule has 0 spiro atoms. The highest BCUT2D eigenvalue weighted by molar-refractivity contribution is 6.30. The Morgan fingerprint density at radius 3 is 2.80 bits per heavy atom. The van der Waals surface area contributed by atoms with Gasteiger partial charge in [0, 0.05) is 24.7 Å². The monoisotopic (exact) mass is 290 g/mol. The summed E-state index contributed by atoms with van der Waals surface area (Å²) in [7, 11) is 1.68. The van der Waals surface area contributed by atoms with E-state index in [9.17, 15) is 0 Å². The maximum atomic E-state index is 6.23. The first kappa shape index (κ1) is 13.5. The smallest absolute Gasteiger partial charge is 0.161 e. The van der Waals surface area contributed by atoms with Gasteiger partial charge in [0.1, 0.15) is 5.15 Å². The van der Waals surface area contributed by atoms with E-state index in [1.54, 1.807) is 7.11 Å². The molecule has 3 rings (SSSR count). The van der Waals surface area contributed by atoms with Crippen LogP contribution in [0.5, 0.6) is 0 Å². The summed E-state index contributed by atoms with van der Waals surface area (Å²) in [5, 5.41) is 0.491. The molecule has 1 aromatic heterocycles. The average molecular weight is 291 g/mol. The Labute approximate surface area is 122 Å². The van der Waals surface area contributed by atoms with Gasteiger partial charge in [-0.25, -0.2) is 9.97 Å². The lowest BCUT2D eigenvalue weighted by Crippen LogP contribution is -2.14. The highest BCUT2D eigenvalue weighted by Crippen LogP contribution is 2.26. The van der Waals surface area contributed by atoms with Crippen LogP contribution >= 0.6 is 11.6 Å². The minimum Gasteiger partial charge on any atom is -0.380 e. The fourth-order valence-electron chi connectivity index (χ4n) is 2.24. The highest BCUT2D eigenvalue weighted by atomic mass is 35.5. The molecule has 0 aliphatic carbocycles. The topological polar surface area (TPSA) is 44.2 Å². The van der Waals surface area contributed by atoms with E-state index in [0.29, 0.717) is 30.8 Å². The molecule has 0 unspecified atom stereocenters. The lowest BCUT2D eigenvalue weighted by atomic mass is 10.1. The van der Waals surface area contributed by atoms with Crippen molar-refractivity contribution >= 4 is 11.6 Å². The number of halogens is 1. The molecule has 1 aliphatic rings. The number of nitrogens with zero attached hydrogens (tertiary/aromatic N) is 2. The molecule has 0 bridgehead atoms. The van der Waals surface area contributed by atoms with Crippen molar-refractivity contribution in [1.29, 1.82) is 0 Å². The summed E-state index contributed by atoms with van der Waals surface area (Å²) < 4.78 is 10.5. The molecule has 0 fully saturated rings. The largest absolute Gasteiger partial charge is 0.380 e. The van der Waals surface area contributed by atoms with Crippen LogP contribution in [0.3, 0.4) is 0 Å². The van der Waals surface area contributed by atoms with E-state index in [4.69, 9.17) is 21.1 Å². The number of aromatic nitrogens is 2. The van der Waals surface area contributed by atoms with Gasteiger partial charge >= 0.3 is 0 Å². The zero-order valence-corrected chi connectivity index (χ0v) is 12.0. The Hall–Kier alpha value is -1.49. The maximum Gasteiger partial charge on any atom is 0.161 e. The number of methoxy groups -OCH3 is 1. The third kappa shape index (κ3) is 2.68. The number of ether oxygens (including phenoxy) is 2. The van der Waals surface area contributed by atoms with Crippen LogP contribution in [0.1, 0.15) is 16.8 Å². The van der Waals surface area contributed by atoms with E-state index in [-0.39, 0.29) is 0 Å². The molecule has 2 heterocycles. The molecule has 1 aliphatic heterocycles. The quantitative estimate of drug-likeness (QED) is 0.815. The second kappa shape index (κ2) is 5.87. The third-order valence-electron chi connectivity index (χ3n) is 3.30. The predicted octanol–water partition coefficient (Wildman–Crippen LogP) is 3.02. The van der Waals surface area contributed by atoms with Crippen LogP contribution < -0.4 is 0 Å². The van der Waals surface area contributed by atoms with Crippen molar-refractivity contribution in [2.45, 2.75) is 19.6 Å². The van der Waals surface area contributed by atoms with Crippen LogP contribution in [-0.2, 0) is 29.1 Å². The predicted molar refractivity (Wildman–Crippen MR) is 76.6 cm³/mol. The fourth-order valence-corrected chi connectivity index (χ4v) is 2.48. The van der Waals surface area contributed by atoms with E-state index >= 15 is 0 Å². The zero-order valence-electron chi connectivity index (χ0n) is 11.2. The van der Waals surface area contributed by atoms with E-state index in [0.717, 1.165) is 28.8 Å². The molecular formula is C15H15ClN2O2. The lowest BCUT2D eigenvalue weighted by molar-refractivity contribution is 0.109. The standard InChI is InChI=1S/C15H15ClN2O2/c1-19-8-10-2-4-11(5-3-10)15-17-13-6-7-20-9-12(13)14(16)18-15/h2-5H,6-9H2,1H3. The van der Waals surface area contributed by atoms with E-state index in [1.807, 2.05) is 24.3 Å². The first-order chi connectivity index (χ1) is 9.78. The molecule has 2 aromatic rings. The van der Waals surface area contributed by atoms with Gasteiger partial charge in [-0.2, -0.15) is 0 Å². The van der Waals surface area contributed by atoms with Crippen molar-refractivity contribution in [2.75, 3.05) is 13.7 Å². The molecule has 0 atom stereocenters. The Balaban J connectivity index is 1.95. The molecule has 0 radical (unpaired) electrons. The van der Waals surface area contributed by atoms with E-state index in [1.165, 1.54) is 0 Å². The summed E-state index contributed by atoms with van der Waals surface area (Å²) >= 11 is 6.23. The number of hydrogen-bond donors (Lipinski definition) is 0. The normalized spacial score (nSPS) is 14.1. The zero-order chi connectivity index (χ0) is 13.9. The average Bonchev–Trinajstić information content (AvgIpc) is 2.48. The first-order valence-electron chi connectivity index (χ1n) is 6.49. The summed E-state index contributed by atoms with van der Waals surface area (Å²) in [5.41, 5.74) is 3.99. The molecule has 4 nitrogen and oxygen atoms in total. The fraction of sp³-hybridized carbons (Fsp3) is 0.333. The molecular weight excluding hydrogens is 276 g/mol. The Morgan fingerprint density at radius 1 is 1.25 bits per heavy atom. The van der Waals surface area contributed by atoms with E-state index in [2.05, 4.69) is 9.97 Å². The molecule has 0 saturated carbocycles. The summed E-state index contributed by atoms with van der Waals surface area (Å²) in [6, 6.07) is 8.01. The van der Waals surface area contributed by atoms with Gasteiger partial charge in [-0.05, 0) is 5.56 Å². The minimum absolute atomic E-state index is 0.491. The minimum atomic E-state index is 0.491. The van der Waals surface area contributed by atoms with Crippen molar-refractivity contribution in [2.24, 2.45) is 0 Å². The highest BCUT2D eigenvalue weighted by Gasteiger charge is 2.17. The Morgan fingerprint density at radius 2 is 2.05 bits per heavy atom. The van der Waals surface area contributed by atoms with Gasteiger partial charge < -0.3 is 9.47 Å². The SMILES string of the molecule is COCc1ccc(-c2nc(Cl)c3c(n2)CCOC3)cc1. The van der Waals surface area contributed by atoms with Gasteiger partial charge in [0.05, 0.1) is 25.5 Å². The van der Waals surface area contributed by atoms with Crippen molar-refractivity contribution in [3.63, 3.8) is 0 Å². The van der Waals surface area contributed by atoms with Crippen LogP contribution in [-0.4, -0.2) is 23.7 Å². The van der Waals surface area contributed by atoms with Crippen molar-refractivity contribution in [3.05, 3.63) is 46.2 Å². The van der Waals surface area contributed by atoms with Crippen molar-refractivity contribution in [1.82, 2.24) is 9.97 Å². The molecule has 5 heteroatoms. The molecule has 104 valence electrons. The van der Waals surface area contributed by atoms with Crippen molar-refractivity contribution in [3.8, 4) is 11.4 Å². The number of rotatable bonds is 3. The molecule has 1 aromatic carbocycles. The van der Waals surface area contributed by atoms with Crippen LogP contribution in [0.15, 0.2) is 24.3 Å². The maximum absolute atomic E-state index is 6.23. The second-order valence-electron chi connectivity index (χ2n) is 4.70. The van der Waals surface area contributed by atoms with Gasteiger partial charge in [-0.15, -0.1) is 0 Å². The second-order valence-corrected chi connectivity index (χ2v) is 5.05. The van der Waals surface area contributed by atoms with Gasteiger partial charge in [0.25, 0.3) is 0 Å². The Bertz CT molecular complexity index is 614. The van der Waals surface area contributed by atoms with Gasteiger partial charge in [-0.3, -0.25) is 0 Å². The van der Waals surface area contributed by atoms with Gasteiger partial charge in [-0.1, -0.05) is 35.9 Å². The van der Waals surface area contributed by atoms with Crippen LogP contribution in [0.25, 0.3) is 11.4 Å². The summed E-state index contributed by atoms with van der Waals surface area (Å²) in [5.74, 6) is 0.666. The van der Waals surface area contributed by atoms with Crippen LogP contribution in [0, 0.1) is 0 Å². The molecule has 0 N–H and O–H groups in total.